The Morgan fingerprint density at radius 1 is 1.31 bits per heavy atom. The van der Waals surface area contributed by atoms with Gasteiger partial charge in [-0.2, -0.15) is 4.31 Å². The van der Waals surface area contributed by atoms with Gasteiger partial charge in [0.25, 0.3) is 0 Å². The van der Waals surface area contributed by atoms with Gasteiger partial charge in [-0.05, 0) is 57.4 Å². The highest BCUT2D eigenvalue weighted by Gasteiger charge is 2.30. The second kappa shape index (κ2) is 8.37. The zero-order valence-electron chi connectivity index (χ0n) is 15.2. The third-order valence-electron chi connectivity index (χ3n) is 4.80. The summed E-state index contributed by atoms with van der Waals surface area (Å²) < 4.78 is 32.9. The number of anilines is 1. The first kappa shape index (κ1) is 19.1. The van der Waals surface area contributed by atoms with Crippen molar-refractivity contribution in [2.75, 3.05) is 31.6 Å². The summed E-state index contributed by atoms with van der Waals surface area (Å²) in [5.41, 5.74) is 0.481. The molecule has 1 amide bonds. The van der Waals surface area contributed by atoms with Crippen LogP contribution < -0.4 is 15.4 Å². The zero-order valence-corrected chi connectivity index (χ0v) is 16.0. The number of nitrogens with one attached hydrogen (secondary N) is 2. The number of carbonyl (C=O) groups is 1. The molecule has 0 spiro atoms. The summed E-state index contributed by atoms with van der Waals surface area (Å²) in [6.45, 7) is 4.19. The van der Waals surface area contributed by atoms with Gasteiger partial charge in [0, 0.05) is 31.2 Å². The fourth-order valence-electron chi connectivity index (χ4n) is 3.50. The fourth-order valence-corrected chi connectivity index (χ4v) is 5.17. The Hall–Kier alpha value is -1.64. The molecule has 2 aliphatic heterocycles. The SMILES string of the molecule is CCOc1ccc(NC(=O)CC2CCCN2)cc1S(=O)(=O)N1CCCC1. The summed E-state index contributed by atoms with van der Waals surface area (Å²) in [6.07, 6.45) is 4.20. The van der Waals surface area contributed by atoms with E-state index in [2.05, 4.69) is 10.6 Å². The molecule has 2 saturated heterocycles. The van der Waals surface area contributed by atoms with E-state index in [1.807, 2.05) is 6.92 Å². The van der Waals surface area contributed by atoms with Crippen LogP contribution in [0.2, 0.25) is 0 Å². The van der Waals surface area contributed by atoms with Crippen LogP contribution in [0.3, 0.4) is 0 Å². The van der Waals surface area contributed by atoms with Crippen LogP contribution in [0.15, 0.2) is 23.1 Å². The molecule has 1 aromatic rings. The van der Waals surface area contributed by atoms with E-state index in [-0.39, 0.29) is 16.8 Å². The lowest BCUT2D eigenvalue weighted by Gasteiger charge is -2.19. The molecule has 2 aliphatic rings. The number of hydrogen-bond acceptors (Lipinski definition) is 5. The molecule has 0 saturated carbocycles. The molecule has 2 N–H and O–H groups in total. The van der Waals surface area contributed by atoms with Gasteiger partial charge in [0.1, 0.15) is 10.6 Å². The average molecular weight is 381 g/mol. The van der Waals surface area contributed by atoms with E-state index in [1.165, 1.54) is 10.4 Å². The second-order valence-electron chi connectivity index (χ2n) is 6.75. The molecule has 144 valence electrons. The maximum absolute atomic E-state index is 13.0. The van der Waals surface area contributed by atoms with Crippen LogP contribution in [0.25, 0.3) is 0 Å². The molecular formula is C18H27N3O4S. The van der Waals surface area contributed by atoms with Crippen LogP contribution in [0.4, 0.5) is 5.69 Å². The highest BCUT2D eigenvalue weighted by atomic mass is 32.2. The number of nitrogens with zero attached hydrogens (tertiary/aromatic N) is 1. The fraction of sp³-hybridized carbons (Fsp3) is 0.611. The van der Waals surface area contributed by atoms with Gasteiger partial charge in [-0.25, -0.2) is 8.42 Å². The molecule has 3 rings (SSSR count). The van der Waals surface area contributed by atoms with E-state index in [1.54, 1.807) is 12.1 Å². The first-order valence-corrected chi connectivity index (χ1v) is 10.7. The molecule has 0 aliphatic carbocycles. The molecule has 1 aromatic carbocycles. The van der Waals surface area contributed by atoms with Crippen LogP contribution in [-0.2, 0) is 14.8 Å². The van der Waals surface area contributed by atoms with Gasteiger partial charge in [-0.1, -0.05) is 0 Å². The summed E-state index contributed by atoms with van der Waals surface area (Å²) >= 11 is 0. The third-order valence-corrected chi connectivity index (χ3v) is 6.72. The van der Waals surface area contributed by atoms with E-state index >= 15 is 0 Å². The predicted octanol–water partition coefficient (Wildman–Crippen LogP) is 1.95. The number of ether oxygens (including phenoxy) is 1. The topological polar surface area (TPSA) is 87.7 Å². The number of hydrogen-bond donors (Lipinski definition) is 2. The van der Waals surface area contributed by atoms with Crippen molar-refractivity contribution in [2.45, 2.75) is 50.0 Å². The van der Waals surface area contributed by atoms with Crippen LogP contribution in [0.1, 0.15) is 39.0 Å². The van der Waals surface area contributed by atoms with E-state index in [9.17, 15) is 13.2 Å². The molecular weight excluding hydrogens is 354 g/mol. The van der Waals surface area contributed by atoms with Crippen molar-refractivity contribution in [1.29, 1.82) is 0 Å². The van der Waals surface area contributed by atoms with Crippen molar-refractivity contribution in [3.63, 3.8) is 0 Å². The number of sulfonamides is 1. The summed E-state index contributed by atoms with van der Waals surface area (Å²) in [4.78, 5) is 12.4. The standard InChI is InChI=1S/C18H27N3O4S/c1-2-25-16-8-7-15(20-18(22)13-14-6-5-9-19-14)12-17(16)26(23,24)21-10-3-4-11-21/h7-8,12,14,19H,2-6,9-11,13H2,1H3,(H,20,22). The lowest BCUT2D eigenvalue weighted by Crippen LogP contribution is -2.29. The lowest BCUT2D eigenvalue weighted by atomic mass is 10.1. The summed E-state index contributed by atoms with van der Waals surface area (Å²) in [5, 5.41) is 6.11. The minimum atomic E-state index is -3.63. The number of benzene rings is 1. The van der Waals surface area contributed by atoms with Gasteiger partial charge in [-0.3, -0.25) is 4.79 Å². The maximum Gasteiger partial charge on any atom is 0.246 e. The average Bonchev–Trinajstić information content (AvgIpc) is 3.30. The Bertz CT molecular complexity index is 739. The van der Waals surface area contributed by atoms with Crippen LogP contribution in [0, 0.1) is 0 Å². The molecule has 26 heavy (non-hydrogen) atoms. The summed E-state index contributed by atoms with van der Waals surface area (Å²) in [7, 11) is -3.63. The minimum Gasteiger partial charge on any atom is -0.492 e. The Labute approximate surface area is 155 Å². The molecule has 0 bridgehead atoms. The van der Waals surface area contributed by atoms with Crippen molar-refractivity contribution in [3.05, 3.63) is 18.2 Å². The zero-order chi connectivity index (χ0) is 18.6. The van der Waals surface area contributed by atoms with Gasteiger partial charge < -0.3 is 15.4 Å². The molecule has 7 nitrogen and oxygen atoms in total. The number of amides is 1. The van der Waals surface area contributed by atoms with E-state index in [0.717, 1.165) is 32.2 Å². The molecule has 2 heterocycles. The minimum absolute atomic E-state index is 0.113. The van der Waals surface area contributed by atoms with Gasteiger partial charge in [0.15, 0.2) is 0 Å². The summed E-state index contributed by atoms with van der Waals surface area (Å²) in [6, 6.07) is 5.02. The van der Waals surface area contributed by atoms with Crippen LogP contribution in [0.5, 0.6) is 5.75 Å². The summed E-state index contributed by atoms with van der Waals surface area (Å²) in [5.74, 6) is 0.216. The second-order valence-corrected chi connectivity index (χ2v) is 8.66. The van der Waals surface area contributed by atoms with E-state index in [0.29, 0.717) is 37.6 Å². The largest absolute Gasteiger partial charge is 0.492 e. The van der Waals surface area contributed by atoms with Gasteiger partial charge >= 0.3 is 0 Å². The first-order valence-electron chi connectivity index (χ1n) is 9.31. The molecule has 2 fully saturated rings. The quantitative estimate of drug-likeness (QED) is 0.754. The van der Waals surface area contributed by atoms with Gasteiger partial charge in [0.2, 0.25) is 15.9 Å². The Morgan fingerprint density at radius 3 is 2.73 bits per heavy atom. The van der Waals surface area contributed by atoms with Crippen LogP contribution in [-0.4, -0.2) is 50.9 Å². The molecule has 0 radical (unpaired) electrons. The molecule has 0 aromatic heterocycles. The van der Waals surface area contributed by atoms with Crippen molar-refractivity contribution in [3.8, 4) is 5.75 Å². The van der Waals surface area contributed by atoms with Crippen molar-refractivity contribution >= 4 is 21.6 Å². The highest BCUT2D eigenvalue weighted by molar-refractivity contribution is 7.89. The predicted molar refractivity (Wildman–Crippen MR) is 99.9 cm³/mol. The normalized spacial score (nSPS) is 21.0. The van der Waals surface area contributed by atoms with Gasteiger partial charge in [0.05, 0.1) is 6.61 Å². The van der Waals surface area contributed by atoms with Gasteiger partial charge in [-0.15, -0.1) is 0 Å². The van der Waals surface area contributed by atoms with Crippen molar-refractivity contribution < 1.29 is 17.9 Å². The Morgan fingerprint density at radius 2 is 2.08 bits per heavy atom. The maximum atomic E-state index is 13.0. The van der Waals surface area contributed by atoms with Crippen molar-refractivity contribution in [1.82, 2.24) is 9.62 Å². The molecule has 1 atom stereocenters. The highest BCUT2D eigenvalue weighted by Crippen LogP contribution is 2.31. The Balaban J connectivity index is 1.80. The number of rotatable bonds is 7. The monoisotopic (exact) mass is 381 g/mol. The Kier molecular flexibility index (Phi) is 6.16. The third kappa shape index (κ3) is 4.36. The van der Waals surface area contributed by atoms with Crippen LogP contribution >= 0.6 is 0 Å². The van der Waals surface area contributed by atoms with E-state index < -0.39 is 10.0 Å². The molecule has 1 unspecified atom stereocenters. The molecule has 8 heteroatoms. The smallest absolute Gasteiger partial charge is 0.246 e. The lowest BCUT2D eigenvalue weighted by molar-refractivity contribution is -0.116. The number of carbonyl (C=O) groups excluding carboxylic acids is 1. The van der Waals surface area contributed by atoms with Crippen molar-refractivity contribution in [2.24, 2.45) is 0 Å². The first-order chi connectivity index (χ1) is 12.5. The van der Waals surface area contributed by atoms with E-state index in [4.69, 9.17) is 4.74 Å².